The van der Waals surface area contributed by atoms with E-state index in [4.69, 9.17) is 0 Å². The lowest BCUT2D eigenvalue weighted by Crippen LogP contribution is -2.61. The maximum atomic E-state index is 9.43. The first-order valence-electron chi connectivity index (χ1n) is 8.02. The molecule has 2 unspecified atom stereocenters. The van der Waals surface area contributed by atoms with Crippen molar-refractivity contribution in [3.05, 3.63) is 29.8 Å². The maximum absolute atomic E-state index is 9.43. The Hall–Kier alpha value is -1.06. The third kappa shape index (κ3) is 4.21. The van der Waals surface area contributed by atoms with Crippen molar-refractivity contribution in [2.24, 2.45) is 11.3 Å². The Morgan fingerprint density at radius 3 is 2.38 bits per heavy atom. The third-order valence-corrected chi connectivity index (χ3v) is 4.60. The predicted molar refractivity (Wildman–Crippen MR) is 88.4 cm³/mol. The van der Waals surface area contributed by atoms with Crippen molar-refractivity contribution < 1.29 is 5.11 Å². The fourth-order valence-corrected chi connectivity index (χ4v) is 3.08. The number of aromatic hydroxyl groups is 1. The molecular weight excluding hydrogens is 260 g/mol. The summed E-state index contributed by atoms with van der Waals surface area (Å²) in [6.07, 6.45) is 0. The molecule has 2 N–H and O–H groups in total. The van der Waals surface area contributed by atoms with E-state index in [1.54, 1.807) is 12.1 Å². The lowest BCUT2D eigenvalue weighted by atomic mass is 9.83. The molecule has 0 bridgehead atoms. The number of nitrogens with zero attached hydrogens (tertiary/aromatic N) is 1. The molecule has 1 aliphatic rings. The molecule has 1 fully saturated rings. The fourth-order valence-electron chi connectivity index (χ4n) is 3.08. The highest BCUT2D eigenvalue weighted by molar-refractivity contribution is 5.26. The average Bonchev–Trinajstić information content (AvgIpc) is 2.40. The molecule has 1 saturated heterocycles. The van der Waals surface area contributed by atoms with E-state index in [-0.39, 0.29) is 5.41 Å². The summed E-state index contributed by atoms with van der Waals surface area (Å²) >= 11 is 0. The first kappa shape index (κ1) is 16.3. The Bertz CT molecular complexity index is 447. The van der Waals surface area contributed by atoms with Crippen LogP contribution < -0.4 is 5.32 Å². The van der Waals surface area contributed by atoms with E-state index in [9.17, 15) is 5.11 Å². The summed E-state index contributed by atoms with van der Waals surface area (Å²) < 4.78 is 0. The Morgan fingerprint density at radius 1 is 1.24 bits per heavy atom. The summed E-state index contributed by atoms with van der Waals surface area (Å²) in [7, 11) is 0. The number of nitrogens with one attached hydrogen (secondary N) is 1. The second kappa shape index (κ2) is 6.37. The summed E-state index contributed by atoms with van der Waals surface area (Å²) in [5, 5.41) is 13.2. The third-order valence-electron chi connectivity index (χ3n) is 4.60. The summed E-state index contributed by atoms with van der Waals surface area (Å²) in [5.41, 5.74) is 1.54. The van der Waals surface area contributed by atoms with Gasteiger partial charge in [-0.2, -0.15) is 0 Å². The van der Waals surface area contributed by atoms with E-state index >= 15 is 0 Å². The van der Waals surface area contributed by atoms with Crippen LogP contribution in [0.1, 0.15) is 40.2 Å². The Balaban J connectivity index is 2.12. The largest absolute Gasteiger partial charge is 0.508 e. The lowest BCUT2D eigenvalue weighted by Gasteiger charge is -2.46. The van der Waals surface area contributed by atoms with Gasteiger partial charge in [-0.15, -0.1) is 0 Å². The zero-order valence-electron chi connectivity index (χ0n) is 14.1. The van der Waals surface area contributed by atoms with Crippen LogP contribution in [0.15, 0.2) is 24.3 Å². The van der Waals surface area contributed by atoms with Gasteiger partial charge in [0, 0.05) is 31.7 Å². The first-order valence-corrected chi connectivity index (χ1v) is 8.02. The van der Waals surface area contributed by atoms with E-state index in [1.807, 2.05) is 12.1 Å². The average molecular weight is 290 g/mol. The molecule has 3 heteroatoms. The summed E-state index contributed by atoms with van der Waals surface area (Å²) in [5.74, 6) is 0.975. The molecule has 0 radical (unpaired) electrons. The van der Waals surface area contributed by atoms with E-state index < -0.39 is 0 Å². The topological polar surface area (TPSA) is 35.5 Å². The van der Waals surface area contributed by atoms with Crippen molar-refractivity contribution in [2.45, 2.75) is 53.2 Å². The van der Waals surface area contributed by atoms with E-state index in [0.717, 1.165) is 19.6 Å². The molecule has 0 aliphatic carbocycles. The zero-order chi connectivity index (χ0) is 15.6. The van der Waals surface area contributed by atoms with Gasteiger partial charge in [0.15, 0.2) is 0 Å². The van der Waals surface area contributed by atoms with Crippen LogP contribution >= 0.6 is 0 Å². The number of phenolic OH excluding ortho intramolecular Hbond substituents is 1. The molecule has 0 amide bonds. The molecule has 0 spiro atoms. The molecule has 2 rings (SSSR count). The van der Waals surface area contributed by atoms with Gasteiger partial charge in [-0.05, 0) is 29.0 Å². The maximum Gasteiger partial charge on any atom is 0.115 e. The Kier molecular flexibility index (Phi) is 4.95. The lowest BCUT2D eigenvalue weighted by molar-refractivity contribution is 0.0572. The molecule has 2 atom stereocenters. The van der Waals surface area contributed by atoms with Crippen LogP contribution in [0.5, 0.6) is 5.75 Å². The second-order valence-corrected chi connectivity index (χ2v) is 7.73. The van der Waals surface area contributed by atoms with Crippen molar-refractivity contribution in [3.63, 3.8) is 0 Å². The van der Waals surface area contributed by atoms with Crippen molar-refractivity contribution in [1.82, 2.24) is 10.2 Å². The van der Waals surface area contributed by atoms with Crippen molar-refractivity contribution in [1.29, 1.82) is 0 Å². The molecular formula is C18H30N2O. The highest BCUT2D eigenvalue weighted by Crippen LogP contribution is 2.27. The number of phenols is 1. The number of hydrogen-bond donors (Lipinski definition) is 2. The number of hydrogen-bond acceptors (Lipinski definition) is 3. The van der Waals surface area contributed by atoms with Crippen LogP contribution in [-0.4, -0.2) is 35.2 Å². The minimum absolute atomic E-state index is 0.273. The van der Waals surface area contributed by atoms with Crippen LogP contribution in [0, 0.1) is 11.3 Å². The highest BCUT2D eigenvalue weighted by Gasteiger charge is 2.35. The summed E-state index contributed by atoms with van der Waals surface area (Å²) in [4.78, 5) is 2.60. The normalized spacial score (nSPS) is 24.5. The molecule has 21 heavy (non-hydrogen) atoms. The van der Waals surface area contributed by atoms with Crippen LogP contribution in [0.2, 0.25) is 0 Å². The van der Waals surface area contributed by atoms with Crippen LogP contribution in [0.25, 0.3) is 0 Å². The van der Waals surface area contributed by atoms with E-state index in [0.29, 0.717) is 23.8 Å². The van der Waals surface area contributed by atoms with Gasteiger partial charge in [0.1, 0.15) is 5.75 Å². The monoisotopic (exact) mass is 290 g/mol. The van der Waals surface area contributed by atoms with Crippen LogP contribution in [0.3, 0.4) is 0 Å². The second-order valence-electron chi connectivity index (χ2n) is 7.73. The fraction of sp³-hybridized carbons (Fsp3) is 0.667. The Morgan fingerprint density at radius 2 is 1.86 bits per heavy atom. The summed E-state index contributed by atoms with van der Waals surface area (Å²) in [6.45, 7) is 14.6. The van der Waals surface area contributed by atoms with Gasteiger partial charge in [0.25, 0.3) is 0 Å². The van der Waals surface area contributed by atoms with Crippen molar-refractivity contribution in [3.8, 4) is 5.75 Å². The van der Waals surface area contributed by atoms with Gasteiger partial charge in [0.05, 0.1) is 0 Å². The Labute approximate surface area is 129 Å². The molecule has 3 nitrogen and oxygen atoms in total. The van der Waals surface area contributed by atoms with Gasteiger partial charge in [0.2, 0.25) is 0 Å². The molecule has 1 aromatic rings. The smallest absolute Gasteiger partial charge is 0.115 e. The van der Waals surface area contributed by atoms with E-state index in [1.165, 1.54) is 5.56 Å². The highest BCUT2D eigenvalue weighted by atomic mass is 16.3. The number of piperazine rings is 1. The van der Waals surface area contributed by atoms with Gasteiger partial charge in [-0.25, -0.2) is 0 Å². The molecule has 1 heterocycles. The molecule has 1 aliphatic heterocycles. The number of benzene rings is 1. The standard InChI is InChI=1S/C18H30N2O/c1-13(2)16-10-19-17(18(3,4)5)12-20(16)11-14-6-8-15(21)9-7-14/h6-9,13,16-17,19,21H,10-12H2,1-5H3. The molecule has 0 saturated carbocycles. The van der Waals surface area contributed by atoms with E-state index in [2.05, 4.69) is 44.8 Å². The van der Waals surface area contributed by atoms with Gasteiger partial charge >= 0.3 is 0 Å². The molecule has 118 valence electrons. The van der Waals surface area contributed by atoms with Crippen LogP contribution in [0.4, 0.5) is 0 Å². The molecule has 0 aromatic heterocycles. The zero-order valence-corrected chi connectivity index (χ0v) is 14.1. The minimum atomic E-state index is 0.273. The predicted octanol–water partition coefficient (Wildman–Crippen LogP) is 3.24. The molecule has 1 aromatic carbocycles. The van der Waals surface area contributed by atoms with Gasteiger partial charge in [-0.3, -0.25) is 4.90 Å². The minimum Gasteiger partial charge on any atom is -0.508 e. The van der Waals surface area contributed by atoms with Crippen LogP contribution in [-0.2, 0) is 6.54 Å². The van der Waals surface area contributed by atoms with Gasteiger partial charge < -0.3 is 10.4 Å². The quantitative estimate of drug-likeness (QED) is 0.897. The number of rotatable bonds is 3. The SMILES string of the molecule is CC(C)C1CNC(C(C)(C)C)CN1Cc1ccc(O)cc1. The van der Waals surface area contributed by atoms with Crippen molar-refractivity contribution >= 4 is 0 Å². The van der Waals surface area contributed by atoms with Gasteiger partial charge in [-0.1, -0.05) is 46.8 Å². The first-order chi connectivity index (χ1) is 9.77. The summed E-state index contributed by atoms with van der Waals surface area (Å²) in [6, 6.07) is 8.70. The van der Waals surface area contributed by atoms with Crippen molar-refractivity contribution in [2.75, 3.05) is 13.1 Å².